The number of cyclic esters (lactones) is 1. The van der Waals surface area contributed by atoms with E-state index >= 15 is 0 Å². The number of ether oxygens (including phenoxy) is 1. The highest BCUT2D eigenvalue weighted by Gasteiger charge is 2.50. The van der Waals surface area contributed by atoms with Gasteiger partial charge in [-0.3, -0.25) is 9.69 Å². The SMILES string of the molecule is CC1=CN(C2=C(C)C(=O)OC2)C(=O)C12CCN(C(=O)O)CC2. The van der Waals surface area contributed by atoms with Crippen molar-refractivity contribution in [3.8, 4) is 0 Å². The molecule has 3 aliphatic heterocycles. The van der Waals surface area contributed by atoms with Crippen LogP contribution >= 0.6 is 0 Å². The third-order valence-electron chi connectivity index (χ3n) is 4.96. The fourth-order valence-corrected chi connectivity index (χ4v) is 3.38. The highest BCUT2D eigenvalue weighted by atomic mass is 16.5. The minimum absolute atomic E-state index is 0.0808. The zero-order valence-corrected chi connectivity index (χ0v) is 12.6. The Kier molecular flexibility index (Phi) is 3.23. The van der Waals surface area contributed by atoms with E-state index in [0.29, 0.717) is 37.2 Å². The summed E-state index contributed by atoms with van der Waals surface area (Å²) in [6.07, 6.45) is 1.75. The Labute approximate surface area is 127 Å². The van der Waals surface area contributed by atoms with E-state index in [1.54, 1.807) is 13.1 Å². The number of rotatable bonds is 1. The van der Waals surface area contributed by atoms with Crippen LogP contribution in [0.4, 0.5) is 4.79 Å². The van der Waals surface area contributed by atoms with E-state index in [0.717, 1.165) is 5.57 Å². The van der Waals surface area contributed by atoms with Crippen LogP contribution in [0.2, 0.25) is 0 Å². The molecule has 0 unspecified atom stereocenters. The third-order valence-corrected chi connectivity index (χ3v) is 4.96. The van der Waals surface area contributed by atoms with Crippen LogP contribution in [-0.2, 0) is 14.3 Å². The van der Waals surface area contributed by atoms with E-state index in [9.17, 15) is 14.4 Å². The summed E-state index contributed by atoms with van der Waals surface area (Å²) in [7, 11) is 0. The number of likely N-dealkylation sites (tertiary alicyclic amines) is 1. The van der Waals surface area contributed by atoms with Crippen molar-refractivity contribution in [3.05, 3.63) is 23.0 Å². The molecular formula is C15H18N2O5. The van der Waals surface area contributed by atoms with Crippen molar-refractivity contribution in [2.24, 2.45) is 5.41 Å². The maximum Gasteiger partial charge on any atom is 0.407 e. The van der Waals surface area contributed by atoms with Gasteiger partial charge in [-0.1, -0.05) is 0 Å². The van der Waals surface area contributed by atoms with Gasteiger partial charge in [-0.2, -0.15) is 0 Å². The van der Waals surface area contributed by atoms with Crippen LogP contribution < -0.4 is 0 Å². The molecule has 3 aliphatic rings. The second-order valence-electron chi connectivity index (χ2n) is 5.99. The van der Waals surface area contributed by atoms with E-state index < -0.39 is 17.5 Å². The molecule has 1 saturated heterocycles. The molecule has 7 heteroatoms. The summed E-state index contributed by atoms with van der Waals surface area (Å²) in [5.41, 5.74) is 1.32. The zero-order valence-electron chi connectivity index (χ0n) is 12.6. The van der Waals surface area contributed by atoms with Gasteiger partial charge in [0.25, 0.3) is 0 Å². The lowest BCUT2D eigenvalue weighted by molar-refractivity contribution is -0.138. The first kappa shape index (κ1) is 14.6. The molecule has 0 radical (unpaired) electrons. The van der Waals surface area contributed by atoms with Crippen LogP contribution in [0.3, 0.4) is 0 Å². The maximum absolute atomic E-state index is 12.9. The number of hydrogen-bond donors (Lipinski definition) is 1. The predicted octanol–water partition coefficient (Wildman–Crippen LogP) is 1.32. The van der Waals surface area contributed by atoms with Crippen LogP contribution in [0.5, 0.6) is 0 Å². The summed E-state index contributed by atoms with van der Waals surface area (Å²) >= 11 is 0. The lowest BCUT2D eigenvalue weighted by atomic mass is 9.74. The highest BCUT2D eigenvalue weighted by Crippen LogP contribution is 2.46. The van der Waals surface area contributed by atoms with E-state index in [1.165, 1.54) is 9.80 Å². The molecule has 0 atom stereocenters. The Morgan fingerprint density at radius 3 is 2.41 bits per heavy atom. The number of nitrogens with zero attached hydrogens (tertiary/aromatic N) is 2. The summed E-state index contributed by atoms with van der Waals surface area (Å²) in [5, 5.41) is 9.04. The molecule has 0 saturated carbocycles. The van der Waals surface area contributed by atoms with Gasteiger partial charge in [0.05, 0.1) is 16.7 Å². The standard InChI is InChI=1S/C15H18N2O5/c1-9-7-17(11-8-22-12(18)10(11)2)13(19)15(9)3-5-16(6-4-15)14(20)21/h7H,3-6,8H2,1-2H3,(H,20,21). The Balaban J connectivity index is 1.86. The normalized spacial score (nSPS) is 24.2. The number of esters is 1. The number of carbonyl (C=O) groups is 3. The number of amides is 2. The van der Waals surface area contributed by atoms with Crippen LogP contribution in [0.25, 0.3) is 0 Å². The lowest BCUT2D eigenvalue weighted by Gasteiger charge is -2.38. The van der Waals surface area contributed by atoms with Gasteiger partial charge in [-0.25, -0.2) is 9.59 Å². The summed E-state index contributed by atoms with van der Waals surface area (Å²) in [4.78, 5) is 38.3. The van der Waals surface area contributed by atoms with E-state index in [1.807, 2.05) is 6.92 Å². The summed E-state index contributed by atoms with van der Waals surface area (Å²) in [6.45, 7) is 4.33. The molecule has 2 amide bonds. The van der Waals surface area contributed by atoms with Crippen molar-refractivity contribution in [1.82, 2.24) is 9.80 Å². The van der Waals surface area contributed by atoms with Crippen molar-refractivity contribution in [3.63, 3.8) is 0 Å². The zero-order chi connectivity index (χ0) is 16.1. The molecule has 0 aliphatic carbocycles. The predicted molar refractivity (Wildman–Crippen MR) is 75.5 cm³/mol. The molecule has 118 valence electrons. The molecule has 0 aromatic heterocycles. The first-order chi connectivity index (χ1) is 10.4. The fourth-order valence-electron chi connectivity index (χ4n) is 3.38. The monoisotopic (exact) mass is 306 g/mol. The number of piperidine rings is 1. The smallest absolute Gasteiger partial charge is 0.407 e. The molecule has 3 rings (SSSR count). The molecule has 0 bridgehead atoms. The van der Waals surface area contributed by atoms with Gasteiger partial charge in [0.1, 0.15) is 6.61 Å². The minimum atomic E-state index is -0.952. The molecule has 3 heterocycles. The van der Waals surface area contributed by atoms with Crippen LogP contribution in [0.15, 0.2) is 23.0 Å². The molecule has 0 aromatic carbocycles. The number of hydrogen-bond acceptors (Lipinski definition) is 4. The quantitative estimate of drug-likeness (QED) is 0.738. The van der Waals surface area contributed by atoms with Crippen molar-refractivity contribution in [2.75, 3.05) is 19.7 Å². The van der Waals surface area contributed by atoms with Gasteiger partial charge >= 0.3 is 12.1 Å². The van der Waals surface area contributed by atoms with E-state index in [2.05, 4.69) is 0 Å². The first-order valence-corrected chi connectivity index (χ1v) is 7.24. The van der Waals surface area contributed by atoms with Crippen LogP contribution in [0.1, 0.15) is 26.7 Å². The van der Waals surface area contributed by atoms with Gasteiger partial charge < -0.3 is 14.7 Å². The van der Waals surface area contributed by atoms with E-state index in [-0.39, 0.29) is 12.5 Å². The van der Waals surface area contributed by atoms with Crippen molar-refractivity contribution in [2.45, 2.75) is 26.7 Å². The minimum Gasteiger partial charge on any atom is -0.465 e. The second kappa shape index (κ2) is 4.86. The topological polar surface area (TPSA) is 87.2 Å². The largest absolute Gasteiger partial charge is 0.465 e. The van der Waals surface area contributed by atoms with Gasteiger partial charge in [0, 0.05) is 19.3 Å². The fraction of sp³-hybridized carbons (Fsp3) is 0.533. The van der Waals surface area contributed by atoms with Gasteiger partial charge in [-0.05, 0) is 32.3 Å². The van der Waals surface area contributed by atoms with Gasteiger partial charge in [-0.15, -0.1) is 0 Å². The number of carboxylic acid groups (broad SMARTS) is 1. The molecule has 1 N–H and O–H groups in total. The van der Waals surface area contributed by atoms with E-state index in [4.69, 9.17) is 9.84 Å². The summed E-state index contributed by atoms with van der Waals surface area (Å²) in [5.74, 6) is -0.474. The third kappa shape index (κ3) is 1.92. The first-order valence-electron chi connectivity index (χ1n) is 7.24. The average Bonchev–Trinajstić information content (AvgIpc) is 2.93. The Morgan fingerprint density at radius 2 is 1.91 bits per heavy atom. The molecule has 1 fully saturated rings. The van der Waals surface area contributed by atoms with Crippen molar-refractivity contribution >= 4 is 18.0 Å². The van der Waals surface area contributed by atoms with Gasteiger partial charge in [0.2, 0.25) is 5.91 Å². The summed E-state index contributed by atoms with van der Waals surface area (Å²) < 4.78 is 4.98. The maximum atomic E-state index is 12.9. The van der Waals surface area contributed by atoms with Crippen molar-refractivity contribution in [1.29, 1.82) is 0 Å². The average molecular weight is 306 g/mol. The van der Waals surface area contributed by atoms with Crippen LogP contribution in [0, 0.1) is 5.41 Å². The second-order valence-corrected chi connectivity index (χ2v) is 5.99. The molecular weight excluding hydrogens is 288 g/mol. The Hall–Kier alpha value is -2.31. The summed E-state index contributed by atoms with van der Waals surface area (Å²) in [6, 6.07) is 0. The Bertz CT molecular complexity index is 626. The molecule has 22 heavy (non-hydrogen) atoms. The lowest BCUT2D eigenvalue weighted by Crippen LogP contribution is -2.47. The molecule has 1 spiro atoms. The van der Waals surface area contributed by atoms with Crippen LogP contribution in [-0.4, -0.2) is 52.6 Å². The molecule has 0 aromatic rings. The van der Waals surface area contributed by atoms with Crippen molar-refractivity contribution < 1.29 is 24.2 Å². The Morgan fingerprint density at radius 1 is 1.27 bits per heavy atom. The molecule has 7 nitrogen and oxygen atoms in total. The van der Waals surface area contributed by atoms with Gasteiger partial charge in [0.15, 0.2) is 0 Å². The highest BCUT2D eigenvalue weighted by molar-refractivity contribution is 5.96. The number of carbonyl (C=O) groups excluding carboxylic acids is 2.